The SMILES string of the molecule is ClC1(Cl)[C@@H]2[C@H]1[C@H]1[C@@H](C[C@@H]3[C@H]2C3(Cl)Cl)C1(Cl)Cl. The van der Waals surface area contributed by atoms with Gasteiger partial charge in [0.25, 0.3) is 0 Å². The average molecular weight is 341 g/mol. The summed E-state index contributed by atoms with van der Waals surface area (Å²) in [5.74, 6) is 1.32. The Bertz CT molecular complexity index is 355. The van der Waals surface area contributed by atoms with E-state index in [-0.39, 0.29) is 35.5 Å². The van der Waals surface area contributed by atoms with Gasteiger partial charge in [-0.3, -0.25) is 0 Å². The van der Waals surface area contributed by atoms with Crippen LogP contribution in [0.4, 0.5) is 0 Å². The van der Waals surface area contributed by atoms with Crippen molar-refractivity contribution in [1.29, 1.82) is 0 Å². The molecule has 90 valence electrons. The minimum absolute atomic E-state index is 0.171. The Labute approximate surface area is 124 Å². The highest BCUT2D eigenvalue weighted by atomic mass is 35.5. The van der Waals surface area contributed by atoms with Crippen LogP contribution in [-0.2, 0) is 0 Å². The number of alkyl halides is 6. The fourth-order valence-electron chi connectivity index (χ4n) is 3.99. The molecule has 0 N–H and O–H groups in total. The Balaban J connectivity index is 1.73. The van der Waals surface area contributed by atoms with Crippen molar-refractivity contribution in [3.63, 3.8) is 0 Å². The second-order valence-electron chi connectivity index (χ2n) is 5.58. The maximum absolute atomic E-state index is 6.31. The quantitative estimate of drug-likeness (QED) is 0.563. The van der Waals surface area contributed by atoms with E-state index in [1.54, 1.807) is 0 Å². The van der Waals surface area contributed by atoms with Crippen LogP contribution in [0.3, 0.4) is 0 Å². The molecule has 0 saturated heterocycles. The van der Waals surface area contributed by atoms with Crippen molar-refractivity contribution in [2.75, 3.05) is 0 Å². The summed E-state index contributed by atoms with van der Waals surface area (Å²) in [7, 11) is 0. The van der Waals surface area contributed by atoms with Crippen molar-refractivity contribution < 1.29 is 0 Å². The van der Waals surface area contributed by atoms with Crippen LogP contribution >= 0.6 is 69.6 Å². The zero-order chi connectivity index (χ0) is 11.7. The highest BCUT2D eigenvalue weighted by molar-refractivity contribution is 6.55. The molecule has 6 heteroatoms. The number of rotatable bonds is 0. The molecule has 0 amide bonds. The van der Waals surface area contributed by atoms with Crippen LogP contribution in [0.2, 0.25) is 0 Å². The van der Waals surface area contributed by atoms with Gasteiger partial charge in [-0.15, -0.1) is 69.6 Å². The predicted molar refractivity (Wildman–Crippen MR) is 68.9 cm³/mol. The van der Waals surface area contributed by atoms with Crippen LogP contribution in [0.5, 0.6) is 0 Å². The van der Waals surface area contributed by atoms with Crippen LogP contribution in [0.25, 0.3) is 0 Å². The molecular formula is C10H8Cl6. The predicted octanol–water partition coefficient (Wildman–Crippen LogP) is 4.65. The second kappa shape index (κ2) is 2.76. The van der Waals surface area contributed by atoms with E-state index in [4.69, 9.17) is 69.6 Å². The van der Waals surface area contributed by atoms with Crippen molar-refractivity contribution in [2.24, 2.45) is 35.5 Å². The molecule has 0 unspecified atom stereocenters. The lowest BCUT2D eigenvalue weighted by molar-refractivity contribution is 0.569. The Hall–Kier alpha value is 1.74. The molecule has 0 aliphatic heterocycles. The third-order valence-electron chi connectivity index (χ3n) is 4.97. The van der Waals surface area contributed by atoms with Gasteiger partial charge in [-0.2, -0.15) is 0 Å². The Morgan fingerprint density at radius 2 is 0.938 bits per heavy atom. The van der Waals surface area contributed by atoms with E-state index < -0.39 is 13.0 Å². The molecule has 4 rings (SSSR count). The first kappa shape index (κ1) is 11.6. The maximum Gasteiger partial charge on any atom is 0.125 e. The first-order valence-electron chi connectivity index (χ1n) is 5.35. The number of hydrogen-bond acceptors (Lipinski definition) is 0. The fourth-order valence-corrected chi connectivity index (χ4v) is 6.75. The minimum Gasteiger partial charge on any atom is -0.101 e. The summed E-state index contributed by atoms with van der Waals surface area (Å²) in [5, 5.41) is 0. The Morgan fingerprint density at radius 1 is 0.562 bits per heavy atom. The van der Waals surface area contributed by atoms with Crippen LogP contribution in [0.1, 0.15) is 6.42 Å². The van der Waals surface area contributed by atoms with E-state index in [2.05, 4.69) is 0 Å². The molecule has 0 radical (unpaired) electrons. The summed E-state index contributed by atoms with van der Waals surface area (Å²) in [6, 6.07) is 0. The van der Waals surface area contributed by atoms with E-state index in [9.17, 15) is 0 Å². The summed E-state index contributed by atoms with van der Waals surface area (Å²) in [6.07, 6.45) is 0.909. The third kappa shape index (κ3) is 1.10. The zero-order valence-electron chi connectivity index (χ0n) is 7.94. The largest absolute Gasteiger partial charge is 0.125 e. The average Bonchev–Trinajstić information content (AvgIpc) is 2.96. The lowest BCUT2D eigenvalue weighted by atomic mass is 10.1. The maximum atomic E-state index is 6.31. The van der Waals surface area contributed by atoms with Gasteiger partial charge in [0, 0.05) is 23.7 Å². The summed E-state index contributed by atoms with van der Waals surface area (Å²) in [6.45, 7) is 0. The highest BCUT2D eigenvalue weighted by Gasteiger charge is 2.88. The molecule has 0 aromatic carbocycles. The second-order valence-corrected chi connectivity index (χ2v) is 9.91. The van der Waals surface area contributed by atoms with E-state index in [1.807, 2.05) is 0 Å². The molecule has 4 fully saturated rings. The van der Waals surface area contributed by atoms with Gasteiger partial charge in [0.05, 0.1) is 0 Å². The molecule has 6 atom stereocenters. The molecule has 4 aliphatic rings. The van der Waals surface area contributed by atoms with Crippen molar-refractivity contribution in [3.8, 4) is 0 Å². The molecule has 0 spiro atoms. The zero-order valence-corrected chi connectivity index (χ0v) is 12.5. The number of fused-ring (bicyclic) bond motifs is 5. The number of hydrogen-bond donors (Lipinski definition) is 0. The van der Waals surface area contributed by atoms with Gasteiger partial charge in [-0.1, -0.05) is 0 Å². The van der Waals surface area contributed by atoms with Crippen LogP contribution < -0.4 is 0 Å². The summed E-state index contributed by atoms with van der Waals surface area (Å²) < 4.78 is -2.04. The molecule has 4 aliphatic carbocycles. The van der Waals surface area contributed by atoms with Gasteiger partial charge >= 0.3 is 0 Å². The van der Waals surface area contributed by atoms with E-state index >= 15 is 0 Å². The standard InChI is InChI=1S/C10H8Cl6/c11-8(12)2-1-3-5(9(3,13)14)7-6(4(2)8)10(7,15)16/h2-7H,1H2/t2-,3-,4-,5-,6-,7+/m1/s1. The lowest BCUT2D eigenvalue weighted by Gasteiger charge is -1.99. The number of halogens is 6. The molecule has 16 heavy (non-hydrogen) atoms. The molecule has 0 heterocycles. The first-order valence-corrected chi connectivity index (χ1v) is 7.62. The van der Waals surface area contributed by atoms with Crippen LogP contribution in [0, 0.1) is 35.5 Å². The van der Waals surface area contributed by atoms with Gasteiger partial charge in [0.15, 0.2) is 0 Å². The molecule has 0 aromatic rings. The fraction of sp³-hybridized carbons (Fsp3) is 1.00. The summed E-state index contributed by atoms with van der Waals surface area (Å²) in [5.41, 5.74) is 0. The monoisotopic (exact) mass is 338 g/mol. The minimum atomic E-state index is -0.719. The van der Waals surface area contributed by atoms with Gasteiger partial charge in [-0.25, -0.2) is 0 Å². The normalized spacial score (nSPS) is 61.1. The van der Waals surface area contributed by atoms with Crippen LogP contribution in [-0.4, -0.2) is 13.0 Å². The van der Waals surface area contributed by atoms with Crippen LogP contribution in [0.15, 0.2) is 0 Å². The van der Waals surface area contributed by atoms with E-state index in [0.29, 0.717) is 0 Å². The van der Waals surface area contributed by atoms with Gasteiger partial charge in [0.2, 0.25) is 0 Å². The smallest absolute Gasteiger partial charge is 0.101 e. The van der Waals surface area contributed by atoms with Gasteiger partial charge in [-0.05, 0) is 18.3 Å². The van der Waals surface area contributed by atoms with Gasteiger partial charge < -0.3 is 0 Å². The summed E-state index contributed by atoms with van der Waals surface area (Å²) in [4.78, 5) is 0. The first-order chi connectivity index (χ1) is 7.22. The van der Waals surface area contributed by atoms with Crippen molar-refractivity contribution in [2.45, 2.75) is 19.4 Å². The lowest BCUT2D eigenvalue weighted by Crippen LogP contribution is -1.98. The van der Waals surface area contributed by atoms with E-state index in [1.165, 1.54) is 0 Å². The van der Waals surface area contributed by atoms with Crippen molar-refractivity contribution in [3.05, 3.63) is 0 Å². The van der Waals surface area contributed by atoms with Gasteiger partial charge in [0.1, 0.15) is 13.0 Å². The molecule has 0 nitrogen and oxygen atoms in total. The van der Waals surface area contributed by atoms with E-state index in [0.717, 1.165) is 6.42 Å². The third-order valence-corrected chi connectivity index (χ3v) is 8.11. The highest BCUT2D eigenvalue weighted by Crippen LogP contribution is 2.87. The van der Waals surface area contributed by atoms with Crippen molar-refractivity contribution in [1.82, 2.24) is 0 Å². The Morgan fingerprint density at radius 3 is 1.31 bits per heavy atom. The molecule has 4 saturated carbocycles. The van der Waals surface area contributed by atoms with Crippen molar-refractivity contribution >= 4 is 69.6 Å². The molecule has 0 aromatic heterocycles. The molecular weight excluding hydrogens is 333 g/mol. The molecule has 0 bridgehead atoms. The Kier molecular flexibility index (Phi) is 2.00. The topological polar surface area (TPSA) is 0 Å². The summed E-state index contributed by atoms with van der Waals surface area (Å²) >= 11 is 37.7.